The molecule has 0 bridgehead atoms. The second-order valence-corrected chi connectivity index (χ2v) is 4.60. The molecule has 15 heavy (non-hydrogen) atoms. The molecule has 1 N–H and O–H groups in total. The highest BCUT2D eigenvalue weighted by atomic mass is 16.5. The molecule has 0 aromatic heterocycles. The Hall–Kier alpha value is -0.610. The topological polar surface area (TPSA) is 49.8 Å². The molecule has 0 aromatic carbocycles. The van der Waals surface area contributed by atoms with Gasteiger partial charge in [-0.25, -0.2) is 0 Å². The highest BCUT2D eigenvalue weighted by Crippen LogP contribution is 2.28. The maximum Gasteiger partial charge on any atom is 0.304 e. The van der Waals surface area contributed by atoms with Gasteiger partial charge in [-0.2, -0.15) is 0 Å². The second-order valence-electron chi connectivity index (χ2n) is 4.60. The fourth-order valence-corrected chi connectivity index (χ4v) is 2.16. The fraction of sp³-hybridized carbons (Fsp3) is 0.909. The molecule has 0 radical (unpaired) electrons. The summed E-state index contributed by atoms with van der Waals surface area (Å²) in [6.45, 7) is 3.47. The van der Waals surface area contributed by atoms with Gasteiger partial charge in [-0.15, -0.1) is 0 Å². The van der Waals surface area contributed by atoms with Crippen molar-refractivity contribution in [2.24, 2.45) is 5.92 Å². The lowest BCUT2D eigenvalue weighted by molar-refractivity contribution is -0.137. The zero-order valence-corrected chi connectivity index (χ0v) is 9.02. The molecule has 86 valence electrons. The third-order valence-electron chi connectivity index (χ3n) is 3.19. The van der Waals surface area contributed by atoms with Crippen molar-refractivity contribution in [3.05, 3.63) is 0 Å². The van der Waals surface area contributed by atoms with Crippen LogP contribution in [-0.4, -0.2) is 48.3 Å². The third-order valence-corrected chi connectivity index (χ3v) is 3.19. The molecule has 1 saturated heterocycles. The molecular formula is C11H19NO3. The van der Waals surface area contributed by atoms with Crippen LogP contribution in [0.2, 0.25) is 0 Å². The normalized spacial score (nSPS) is 26.1. The number of rotatable bonds is 6. The Labute approximate surface area is 90.2 Å². The number of carboxylic acids is 1. The van der Waals surface area contributed by atoms with Gasteiger partial charge >= 0.3 is 5.97 Å². The van der Waals surface area contributed by atoms with Gasteiger partial charge in [0.2, 0.25) is 0 Å². The summed E-state index contributed by atoms with van der Waals surface area (Å²) in [4.78, 5) is 12.9. The van der Waals surface area contributed by atoms with Crippen molar-refractivity contribution in [1.29, 1.82) is 0 Å². The third kappa shape index (κ3) is 3.47. The van der Waals surface area contributed by atoms with Crippen LogP contribution in [0.3, 0.4) is 0 Å². The molecule has 1 atom stereocenters. The summed E-state index contributed by atoms with van der Waals surface area (Å²) < 4.78 is 5.34. The molecule has 2 aliphatic rings. The first-order valence-electron chi connectivity index (χ1n) is 5.79. The van der Waals surface area contributed by atoms with Crippen molar-refractivity contribution in [3.63, 3.8) is 0 Å². The number of hydrogen-bond acceptors (Lipinski definition) is 3. The van der Waals surface area contributed by atoms with Crippen molar-refractivity contribution < 1.29 is 14.6 Å². The molecule has 2 rings (SSSR count). The summed E-state index contributed by atoms with van der Waals surface area (Å²) in [6, 6.07) is 0.657. The van der Waals surface area contributed by atoms with E-state index in [9.17, 15) is 4.79 Å². The molecule has 1 aliphatic heterocycles. The van der Waals surface area contributed by atoms with Gasteiger partial charge in [0, 0.05) is 25.7 Å². The van der Waals surface area contributed by atoms with Crippen LogP contribution in [0.5, 0.6) is 0 Å². The Morgan fingerprint density at radius 2 is 2.20 bits per heavy atom. The summed E-state index contributed by atoms with van der Waals surface area (Å²) in [6.07, 6.45) is 3.89. The summed E-state index contributed by atoms with van der Waals surface area (Å²) in [5.74, 6) is -0.0669. The molecule has 0 spiro atoms. The number of nitrogens with zero attached hydrogens (tertiary/aromatic N) is 1. The molecule has 0 amide bonds. The minimum absolute atomic E-state index is 0.268. The van der Waals surface area contributed by atoms with Gasteiger partial charge in [-0.3, -0.25) is 9.69 Å². The van der Waals surface area contributed by atoms with Crippen LogP contribution < -0.4 is 0 Å². The average Bonchev–Trinajstić information content (AvgIpc) is 2.91. The van der Waals surface area contributed by atoms with Crippen LogP contribution in [0, 0.1) is 5.92 Å². The van der Waals surface area contributed by atoms with E-state index in [2.05, 4.69) is 4.90 Å². The Balaban J connectivity index is 1.74. The number of aliphatic carboxylic acids is 1. The maximum atomic E-state index is 10.5. The first-order valence-corrected chi connectivity index (χ1v) is 5.79. The Morgan fingerprint density at radius 3 is 2.73 bits per heavy atom. The number of carboxylic acid groups (broad SMARTS) is 1. The van der Waals surface area contributed by atoms with Gasteiger partial charge in [0.15, 0.2) is 0 Å². The Morgan fingerprint density at radius 1 is 1.40 bits per heavy atom. The zero-order valence-electron chi connectivity index (χ0n) is 9.02. The summed E-state index contributed by atoms with van der Waals surface area (Å²) in [5.41, 5.74) is 0. The van der Waals surface area contributed by atoms with Crippen LogP contribution in [0.15, 0.2) is 0 Å². The average molecular weight is 213 g/mol. The monoisotopic (exact) mass is 213 g/mol. The van der Waals surface area contributed by atoms with E-state index in [-0.39, 0.29) is 6.42 Å². The van der Waals surface area contributed by atoms with E-state index in [1.54, 1.807) is 0 Å². The summed E-state index contributed by atoms with van der Waals surface area (Å²) in [5, 5.41) is 8.67. The van der Waals surface area contributed by atoms with Gasteiger partial charge < -0.3 is 9.84 Å². The fourth-order valence-electron chi connectivity index (χ4n) is 2.16. The van der Waals surface area contributed by atoms with Crippen LogP contribution in [0.4, 0.5) is 0 Å². The van der Waals surface area contributed by atoms with E-state index < -0.39 is 5.97 Å². The molecule has 1 saturated carbocycles. The van der Waals surface area contributed by atoms with Gasteiger partial charge in [0.1, 0.15) is 0 Å². The smallest absolute Gasteiger partial charge is 0.304 e. The number of carbonyl (C=O) groups is 1. The highest BCUT2D eigenvalue weighted by Gasteiger charge is 2.31. The minimum Gasteiger partial charge on any atom is -0.481 e. The molecule has 1 unspecified atom stereocenters. The zero-order chi connectivity index (χ0) is 10.7. The second kappa shape index (κ2) is 4.94. The number of ether oxygens (including phenoxy) is 1. The first kappa shape index (κ1) is 10.9. The number of hydrogen-bond donors (Lipinski definition) is 1. The Kier molecular flexibility index (Phi) is 3.59. The molecule has 1 aliphatic carbocycles. The van der Waals surface area contributed by atoms with E-state index in [0.29, 0.717) is 18.5 Å². The van der Waals surface area contributed by atoms with Crippen molar-refractivity contribution in [2.75, 3.05) is 26.3 Å². The maximum absolute atomic E-state index is 10.5. The van der Waals surface area contributed by atoms with E-state index in [0.717, 1.165) is 26.2 Å². The van der Waals surface area contributed by atoms with Gasteiger partial charge in [-0.05, 0) is 25.2 Å². The van der Waals surface area contributed by atoms with Gasteiger partial charge in [0.05, 0.1) is 13.0 Å². The molecular weight excluding hydrogens is 194 g/mol. The SMILES string of the molecule is O=C(O)CCN(CC1CCOC1)C1CC1. The summed E-state index contributed by atoms with van der Waals surface area (Å²) in [7, 11) is 0. The van der Waals surface area contributed by atoms with E-state index in [1.807, 2.05) is 0 Å². The van der Waals surface area contributed by atoms with E-state index >= 15 is 0 Å². The summed E-state index contributed by atoms with van der Waals surface area (Å²) >= 11 is 0. The van der Waals surface area contributed by atoms with Crippen molar-refractivity contribution in [2.45, 2.75) is 31.7 Å². The van der Waals surface area contributed by atoms with Crippen LogP contribution in [0.25, 0.3) is 0 Å². The highest BCUT2D eigenvalue weighted by molar-refractivity contribution is 5.66. The molecule has 4 nitrogen and oxygen atoms in total. The molecule has 1 heterocycles. The molecule has 0 aromatic rings. The van der Waals surface area contributed by atoms with Crippen molar-refractivity contribution >= 4 is 5.97 Å². The van der Waals surface area contributed by atoms with E-state index in [4.69, 9.17) is 9.84 Å². The van der Waals surface area contributed by atoms with Crippen molar-refractivity contribution in [1.82, 2.24) is 4.90 Å². The lowest BCUT2D eigenvalue weighted by Gasteiger charge is -2.23. The molecule has 2 fully saturated rings. The standard InChI is InChI=1S/C11H19NO3/c13-11(14)3-5-12(10-1-2-10)7-9-4-6-15-8-9/h9-10H,1-8H2,(H,13,14). The Bertz CT molecular complexity index is 222. The van der Waals surface area contributed by atoms with E-state index in [1.165, 1.54) is 12.8 Å². The predicted octanol–water partition coefficient (Wildman–Crippen LogP) is 0.962. The van der Waals surface area contributed by atoms with Gasteiger partial charge in [0.25, 0.3) is 0 Å². The van der Waals surface area contributed by atoms with Crippen LogP contribution in [0.1, 0.15) is 25.7 Å². The van der Waals surface area contributed by atoms with Crippen LogP contribution >= 0.6 is 0 Å². The quantitative estimate of drug-likeness (QED) is 0.714. The van der Waals surface area contributed by atoms with Crippen LogP contribution in [-0.2, 0) is 9.53 Å². The molecule has 4 heteroatoms. The lowest BCUT2D eigenvalue weighted by atomic mass is 10.1. The first-order chi connectivity index (χ1) is 7.25. The largest absolute Gasteiger partial charge is 0.481 e. The minimum atomic E-state index is -0.691. The van der Waals surface area contributed by atoms with Gasteiger partial charge in [-0.1, -0.05) is 0 Å². The predicted molar refractivity (Wildman–Crippen MR) is 55.8 cm³/mol. The van der Waals surface area contributed by atoms with Crippen molar-refractivity contribution in [3.8, 4) is 0 Å². The lowest BCUT2D eigenvalue weighted by Crippen LogP contribution is -2.33.